The van der Waals surface area contributed by atoms with Crippen LogP contribution in [0.1, 0.15) is 17.3 Å². The average Bonchev–Trinajstić information content (AvgIpc) is 2.34. The van der Waals surface area contributed by atoms with Crippen LogP contribution in [0.5, 0.6) is 11.5 Å². The van der Waals surface area contributed by atoms with Gasteiger partial charge >= 0.3 is 0 Å². The van der Waals surface area contributed by atoms with Gasteiger partial charge in [0, 0.05) is 10.6 Å². The van der Waals surface area contributed by atoms with Crippen LogP contribution < -0.4 is 4.74 Å². The lowest BCUT2D eigenvalue weighted by Gasteiger charge is -2.10. The summed E-state index contributed by atoms with van der Waals surface area (Å²) in [5.74, 6) is 1.08. The Morgan fingerprint density at radius 1 is 1.11 bits per heavy atom. The van der Waals surface area contributed by atoms with E-state index in [1.807, 2.05) is 0 Å². The van der Waals surface area contributed by atoms with Gasteiger partial charge in [0.2, 0.25) is 0 Å². The first-order valence-corrected chi connectivity index (χ1v) is 6.95. The van der Waals surface area contributed by atoms with Crippen molar-refractivity contribution in [3.63, 3.8) is 0 Å². The number of halogens is 3. The summed E-state index contributed by atoms with van der Waals surface area (Å²) >= 11 is 15.2. The molecule has 0 aliphatic carbocycles. The van der Waals surface area contributed by atoms with Crippen LogP contribution in [0.4, 0.5) is 0 Å². The van der Waals surface area contributed by atoms with Gasteiger partial charge in [-0.1, -0.05) is 23.2 Å². The number of carbonyl (C=O) groups excluding carboxylic acids is 1. The van der Waals surface area contributed by atoms with Crippen LogP contribution in [-0.4, -0.2) is 5.78 Å². The lowest BCUT2D eigenvalue weighted by atomic mass is 10.1. The number of hydrogen-bond donors (Lipinski definition) is 0. The summed E-state index contributed by atoms with van der Waals surface area (Å²) in [6.07, 6.45) is 0. The second kappa shape index (κ2) is 5.95. The van der Waals surface area contributed by atoms with E-state index in [9.17, 15) is 4.79 Å². The lowest BCUT2D eigenvalue weighted by molar-refractivity contribution is 0.101. The van der Waals surface area contributed by atoms with Crippen molar-refractivity contribution in [3.05, 3.63) is 56.5 Å². The highest BCUT2D eigenvalue weighted by Gasteiger charge is 2.09. The minimum Gasteiger partial charge on any atom is -0.455 e. The van der Waals surface area contributed by atoms with Crippen LogP contribution in [0.3, 0.4) is 0 Å². The number of rotatable bonds is 3. The molecule has 0 N–H and O–H groups in total. The van der Waals surface area contributed by atoms with E-state index >= 15 is 0 Å². The molecule has 0 unspecified atom stereocenters. The van der Waals surface area contributed by atoms with Crippen LogP contribution in [0.25, 0.3) is 0 Å². The molecule has 0 saturated carbocycles. The van der Waals surface area contributed by atoms with Gasteiger partial charge in [-0.2, -0.15) is 0 Å². The smallest absolute Gasteiger partial charge is 0.159 e. The van der Waals surface area contributed by atoms with Crippen molar-refractivity contribution in [2.75, 3.05) is 0 Å². The quantitative estimate of drug-likeness (QED) is 0.652. The van der Waals surface area contributed by atoms with E-state index in [4.69, 9.17) is 27.9 Å². The van der Waals surface area contributed by atoms with E-state index in [-0.39, 0.29) is 5.78 Å². The van der Waals surface area contributed by atoms with Crippen LogP contribution in [0, 0.1) is 0 Å². The number of benzene rings is 2. The number of carbonyl (C=O) groups is 1. The SMILES string of the molecule is CC(=O)c1ccc(Oc2ccc(Cl)cc2Cl)c(Br)c1. The zero-order valence-electron chi connectivity index (χ0n) is 9.91. The molecule has 0 saturated heterocycles. The van der Waals surface area contributed by atoms with Gasteiger partial charge in [0.15, 0.2) is 5.78 Å². The van der Waals surface area contributed by atoms with Crippen molar-refractivity contribution in [1.29, 1.82) is 0 Å². The molecule has 2 nitrogen and oxygen atoms in total. The molecule has 0 radical (unpaired) electrons. The first kappa shape index (κ1) is 14.4. The van der Waals surface area contributed by atoms with Gasteiger partial charge in [-0.25, -0.2) is 0 Å². The fourth-order valence-electron chi connectivity index (χ4n) is 1.48. The molecule has 0 aliphatic rings. The molecule has 0 atom stereocenters. The second-order valence-electron chi connectivity index (χ2n) is 3.88. The van der Waals surface area contributed by atoms with Crippen molar-refractivity contribution in [1.82, 2.24) is 0 Å². The van der Waals surface area contributed by atoms with E-state index in [1.165, 1.54) is 6.92 Å². The van der Waals surface area contributed by atoms with Crippen molar-refractivity contribution in [2.45, 2.75) is 6.92 Å². The molecule has 0 aromatic heterocycles. The van der Waals surface area contributed by atoms with Gasteiger partial charge in [0.1, 0.15) is 11.5 Å². The van der Waals surface area contributed by atoms with E-state index in [1.54, 1.807) is 36.4 Å². The minimum atomic E-state index is -0.00299. The number of hydrogen-bond acceptors (Lipinski definition) is 2. The molecule has 2 rings (SSSR count). The maximum absolute atomic E-state index is 11.3. The maximum atomic E-state index is 11.3. The van der Waals surface area contributed by atoms with Gasteiger partial charge in [-0.05, 0) is 59.3 Å². The second-order valence-corrected chi connectivity index (χ2v) is 5.58. The third kappa shape index (κ3) is 3.50. The molecule has 0 aliphatic heterocycles. The molecule has 0 heterocycles. The van der Waals surface area contributed by atoms with Crippen molar-refractivity contribution in [3.8, 4) is 11.5 Å². The van der Waals surface area contributed by atoms with Crippen LogP contribution in [-0.2, 0) is 0 Å². The van der Waals surface area contributed by atoms with E-state index < -0.39 is 0 Å². The summed E-state index contributed by atoms with van der Waals surface area (Å²) in [5, 5.41) is 0.971. The van der Waals surface area contributed by atoms with Gasteiger partial charge in [-0.15, -0.1) is 0 Å². The molecule has 98 valence electrons. The summed E-state index contributed by atoms with van der Waals surface area (Å²) in [7, 11) is 0. The summed E-state index contributed by atoms with van der Waals surface area (Å²) < 4.78 is 6.37. The molecule has 2 aromatic rings. The molecule has 0 amide bonds. The predicted molar refractivity (Wildman–Crippen MR) is 80.7 cm³/mol. The van der Waals surface area contributed by atoms with Crippen LogP contribution in [0.15, 0.2) is 40.9 Å². The van der Waals surface area contributed by atoms with Gasteiger partial charge in [0.25, 0.3) is 0 Å². The van der Waals surface area contributed by atoms with Crippen LogP contribution >= 0.6 is 39.1 Å². The number of ether oxygens (including phenoxy) is 1. The largest absolute Gasteiger partial charge is 0.455 e. The number of Topliss-reactive ketones (excluding diaryl/α,β-unsaturated/α-hetero) is 1. The summed E-state index contributed by atoms with van der Waals surface area (Å²) in [5.41, 5.74) is 0.612. The summed E-state index contributed by atoms with van der Waals surface area (Å²) in [4.78, 5) is 11.3. The highest BCUT2D eigenvalue weighted by Crippen LogP contribution is 2.35. The minimum absolute atomic E-state index is 0.00299. The van der Waals surface area contributed by atoms with Crippen LogP contribution in [0.2, 0.25) is 10.0 Å². The summed E-state index contributed by atoms with van der Waals surface area (Å²) in [6.45, 7) is 1.51. The molecular weight excluding hydrogens is 351 g/mol. The fraction of sp³-hybridized carbons (Fsp3) is 0.0714. The normalized spacial score (nSPS) is 10.3. The van der Waals surface area contributed by atoms with Crippen molar-refractivity contribution < 1.29 is 9.53 Å². The Bertz CT molecular complexity index is 641. The Balaban J connectivity index is 2.31. The molecule has 19 heavy (non-hydrogen) atoms. The van der Waals surface area contributed by atoms with E-state index in [0.29, 0.717) is 31.6 Å². The van der Waals surface area contributed by atoms with E-state index in [2.05, 4.69) is 15.9 Å². The summed E-state index contributed by atoms with van der Waals surface area (Å²) in [6, 6.07) is 10.1. The Hall–Kier alpha value is -1.03. The highest BCUT2D eigenvalue weighted by atomic mass is 79.9. The fourth-order valence-corrected chi connectivity index (χ4v) is 2.39. The monoisotopic (exact) mass is 358 g/mol. The Morgan fingerprint density at radius 3 is 2.37 bits per heavy atom. The highest BCUT2D eigenvalue weighted by molar-refractivity contribution is 9.10. The third-order valence-electron chi connectivity index (χ3n) is 2.45. The third-order valence-corrected chi connectivity index (χ3v) is 3.60. The van der Waals surface area contributed by atoms with Gasteiger partial charge in [0.05, 0.1) is 9.50 Å². The van der Waals surface area contributed by atoms with Gasteiger partial charge in [-0.3, -0.25) is 4.79 Å². The van der Waals surface area contributed by atoms with E-state index in [0.717, 1.165) is 0 Å². The molecule has 0 fully saturated rings. The molecule has 5 heteroatoms. The van der Waals surface area contributed by atoms with Crippen molar-refractivity contribution >= 4 is 44.9 Å². The molecular formula is C14H9BrCl2O2. The Kier molecular flexibility index (Phi) is 4.50. The first-order chi connectivity index (χ1) is 8.97. The topological polar surface area (TPSA) is 26.3 Å². The lowest BCUT2D eigenvalue weighted by Crippen LogP contribution is -1.93. The zero-order valence-corrected chi connectivity index (χ0v) is 13.0. The Labute approximate surface area is 129 Å². The average molecular weight is 360 g/mol. The zero-order chi connectivity index (χ0) is 14.0. The van der Waals surface area contributed by atoms with Crippen molar-refractivity contribution in [2.24, 2.45) is 0 Å². The first-order valence-electron chi connectivity index (χ1n) is 5.41. The standard InChI is InChI=1S/C14H9BrCl2O2/c1-8(18)9-2-4-13(11(15)6-9)19-14-5-3-10(16)7-12(14)17/h2-7H,1H3. The molecule has 2 aromatic carbocycles. The number of ketones is 1. The molecule has 0 bridgehead atoms. The predicted octanol–water partition coefficient (Wildman–Crippen LogP) is 5.75. The maximum Gasteiger partial charge on any atom is 0.159 e. The van der Waals surface area contributed by atoms with Gasteiger partial charge < -0.3 is 4.74 Å². The Morgan fingerprint density at radius 2 is 1.79 bits per heavy atom. The molecule has 0 spiro atoms.